The molecule has 0 aliphatic heterocycles. The molecule has 0 radical (unpaired) electrons. The topological polar surface area (TPSA) is 79.9 Å². The van der Waals surface area contributed by atoms with E-state index >= 15 is 0 Å². The predicted molar refractivity (Wildman–Crippen MR) is 83.7 cm³/mol. The lowest BCUT2D eigenvalue weighted by atomic mass is 9.97. The van der Waals surface area contributed by atoms with E-state index in [0.29, 0.717) is 17.5 Å². The maximum atomic E-state index is 8.79. The lowest BCUT2D eigenvalue weighted by Gasteiger charge is -2.20. The van der Waals surface area contributed by atoms with Crippen molar-refractivity contribution in [3.8, 4) is 5.75 Å². The Balaban J connectivity index is 2.11. The highest BCUT2D eigenvalue weighted by molar-refractivity contribution is 5.97. The quantitative estimate of drug-likeness (QED) is 0.336. The summed E-state index contributed by atoms with van der Waals surface area (Å²) in [4.78, 5) is 0. The van der Waals surface area contributed by atoms with Crippen LogP contribution in [0.2, 0.25) is 0 Å². The molecule has 2 rings (SSSR count). The van der Waals surface area contributed by atoms with Gasteiger partial charge in [-0.05, 0) is 42.9 Å². The van der Waals surface area contributed by atoms with Crippen molar-refractivity contribution in [3.63, 3.8) is 0 Å². The summed E-state index contributed by atoms with van der Waals surface area (Å²) in [5, 5.41) is 15.4. The molecule has 116 valence electrons. The molecule has 0 aromatic heterocycles. The van der Waals surface area contributed by atoms with Gasteiger partial charge in [0.2, 0.25) is 0 Å². The van der Waals surface area contributed by atoms with Crippen molar-refractivity contribution < 1.29 is 9.94 Å². The maximum absolute atomic E-state index is 8.79. The molecule has 3 atom stereocenters. The van der Waals surface area contributed by atoms with Crippen LogP contribution in [0.4, 0.5) is 0 Å². The molecular formula is C16H25N3O2. The molecule has 5 heteroatoms. The molecule has 0 heterocycles. The summed E-state index contributed by atoms with van der Waals surface area (Å²) in [7, 11) is 1.66. The summed E-state index contributed by atoms with van der Waals surface area (Å²) in [6.45, 7) is 5.34. The molecule has 1 fully saturated rings. The SMILES string of the molecule is COc1ccc(/C(N)=N/O)cc1CNC1CCC(C)C1C. The highest BCUT2D eigenvalue weighted by Crippen LogP contribution is 2.31. The van der Waals surface area contributed by atoms with Gasteiger partial charge in [-0.1, -0.05) is 19.0 Å². The van der Waals surface area contributed by atoms with E-state index < -0.39 is 0 Å². The maximum Gasteiger partial charge on any atom is 0.170 e. The van der Waals surface area contributed by atoms with E-state index in [4.69, 9.17) is 15.7 Å². The average molecular weight is 291 g/mol. The van der Waals surface area contributed by atoms with Crippen molar-refractivity contribution in [2.45, 2.75) is 39.3 Å². The number of nitrogens with two attached hydrogens (primary N) is 1. The van der Waals surface area contributed by atoms with Gasteiger partial charge >= 0.3 is 0 Å². The minimum absolute atomic E-state index is 0.113. The fourth-order valence-electron chi connectivity index (χ4n) is 3.03. The third-order valence-corrected chi connectivity index (χ3v) is 4.70. The number of hydrogen-bond donors (Lipinski definition) is 3. The molecule has 1 saturated carbocycles. The summed E-state index contributed by atoms with van der Waals surface area (Å²) in [6, 6.07) is 6.09. The number of methoxy groups -OCH3 is 1. The van der Waals surface area contributed by atoms with Crippen LogP contribution in [0.15, 0.2) is 23.4 Å². The Hall–Kier alpha value is -1.75. The van der Waals surface area contributed by atoms with Crippen LogP contribution in [-0.2, 0) is 6.54 Å². The van der Waals surface area contributed by atoms with Crippen LogP contribution in [0.1, 0.15) is 37.8 Å². The van der Waals surface area contributed by atoms with Crippen LogP contribution in [0.25, 0.3) is 0 Å². The first kappa shape index (κ1) is 15.6. The number of hydrogen-bond acceptors (Lipinski definition) is 4. The molecule has 0 saturated heterocycles. The molecule has 5 nitrogen and oxygen atoms in total. The first-order valence-electron chi connectivity index (χ1n) is 7.45. The van der Waals surface area contributed by atoms with Gasteiger partial charge in [0.1, 0.15) is 5.75 Å². The van der Waals surface area contributed by atoms with Crippen molar-refractivity contribution in [3.05, 3.63) is 29.3 Å². The molecule has 1 aliphatic carbocycles. The molecule has 0 spiro atoms. The highest BCUT2D eigenvalue weighted by atomic mass is 16.5. The van der Waals surface area contributed by atoms with Gasteiger partial charge in [-0.25, -0.2) is 0 Å². The number of nitrogens with one attached hydrogen (secondary N) is 1. The molecule has 1 aromatic rings. The van der Waals surface area contributed by atoms with Crippen LogP contribution in [0.3, 0.4) is 0 Å². The van der Waals surface area contributed by atoms with Gasteiger partial charge in [-0.2, -0.15) is 0 Å². The van der Waals surface area contributed by atoms with Crippen LogP contribution in [-0.4, -0.2) is 24.2 Å². The van der Waals surface area contributed by atoms with E-state index in [9.17, 15) is 0 Å². The fourth-order valence-corrected chi connectivity index (χ4v) is 3.03. The van der Waals surface area contributed by atoms with Crippen molar-refractivity contribution in [2.24, 2.45) is 22.7 Å². The molecule has 1 aromatic carbocycles. The standard InChI is InChI=1S/C16H25N3O2/c1-10-4-6-14(11(10)2)18-9-13-8-12(16(17)19-20)5-7-15(13)21-3/h5,7-8,10-11,14,18,20H,4,6,9H2,1-3H3,(H2,17,19). The smallest absolute Gasteiger partial charge is 0.170 e. The van der Waals surface area contributed by atoms with Gasteiger partial charge in [0.15, 0.2) is 5.84 Å². The third-order valence-electron chi connectivity index (χ3n) is 4.70. The lowest BCUT2D eigenvalue weighted by molar-refractivity contribution is 0.318. The van der Waals surface area contributed by atoms with Crippen molar-refractivity contribution in [1.82, 2.24) is 5.32 Å². The molecule has 4 N–H and O–H groups in total. The lowest BCUT2D eigenvalue weighted by Crippen LogP contribution is -2.32. The van der Waals surface area contributed by atoms with Crippen molar-refractivity contribution >= 4 is 5.84 Å². The Labute approximate surface area is 126 Å². The number of rotatable bonds is 5. The summed E-state index contributed by atoms with van der Waals surface area (Å²) in [5.74, 6) is 2.38. The second kappa shape index (κ2) is 6.80. The second-order valence-corrected chi connectivity index (χ2v) is 5.91. The number of benzene rings is 1. The summed E-state index contributed by atoms with van der Waals surface area (Å²) in [5.41, 5.74) is 7.37. The van der Waals surface area contributed by atoms with Gasteiger partial charge in [-0.15, -0.1) is 0 Å². The summed E-state index contributed by atoms with van der Waals surface area (Å²) < 4.78 is 5.39. The average Bonchev–Trinajstić information content (AvgIpc) is 2.83. The first-order chi connectivity index (χ1) is 10.1. The number of nitrogens with zero attached hydrogens (tertiary/aromatic N) is 1. The largest absolute Gasteiger partial charge is 0.496 e. The number of ether oxygens (including phenoxy) is 1. The van der Waals surface area contributed by atoms with Crippen molar-refractivity contribution in [1.29, 1.82) is 0 Å². The van der Waals surface area contributed by atoms with E-state index in [1.165, 1.54) is 12.8 Å². The Morgan fingerprint density at radius 2 is 2.19 bits per heavy atom. The Kier molecular flexibility index (Phi) is 5.07. The van der Waals surface area contributed by atoms with Gasteiger partial charge in [0.05, 0.1) is 7.11 Å². The number of oxime groups is 1. The Bertz CT molecular complexity index is 516. The third kappa shape index (κ3) is 3.47. The molecule has 0 amide bonds. The second-order valence-electron chi connectivity index (χ2n) is 5.91. The van der Waals surface area contributed by atoms with Crippen LogP contribution < -0.4 is 15.8 Å². The zero-order chi connectivity index (χ0) is 15.4. The van der Waals surface area contributed by atoms with Gasteiger partial charge in [-0.3, -0.25) is 0 Å². The van der Waals surface area contributed by atoms with Crippen molar-refractivity contribution in [2.75, 3.05) is 7.11 Å². The van der Waals surface area contributed by atoms with Gasteiger partial charge in [0, 0.05) is 23.7 Å². The fraction of sp³-hybridized carbons (Fsp3) is 0.562. The molecule has 21 heavy (non-hydrogen) atoms. The van der Waals surface area contributed by atoms with E-state index in [0.717, 1.165) is 23.8 Å². The Morgan fingerprint density at radius 1 is 1.43 bits per heavy atom. The van der Waals surface area contributed by atoms with E-state index in [-0.39, 0.29) is 5.84 Å². The molecule has 3 unspecified atom stereocenters. The Morgan fingerprint density at radius 3 is 2.76 bits per heavy atom. The van der Waals surface area contributed by atoms with E-state index in [1.807, 2.05) is 12.1 Å². The number of amidine groups is 1. The summed E-state index contributed by atoms with van der Waals surface area (Å²) in [6.07, 6.45) is 2.49. The first-order valence-corrected chi connectivity index (χ1v) is 7.45. The van der Waals surface area contributed by atoms with Crippen LogP contribution in [0.5, 0.6) is 5.75 Å². The minimum Gasteiger partial charge on any atom is -0.496 e. The molecule has 0 bridgehead atoms. The van der Waals surface area contributed by atoms with Crippen LogP contribution in [0, 0.1) is 11.8 Å². The summed E-state index contributed by atoms with van der Waals surface area (Å²) >= 11 is 0. The monoisotopic (exact) mass is 291 g/mol. The predicted octanol–water partition coefficient (Wildman–Crippen LogP) is 2.31. The van der Waals surface area contributed by atoms with Crippen LogP contribution >= 0.6 is 0 Å². The molecular weight excluding hydrogens is 266 g/mol. The molecule has 1 aliphatic rings. The van der Waals surface area contributed by atoms with E-state index in [2.05, 4.69) is 24.3 Å². The zero-order valence-corrected chi connectivity index (χ0v) is 13.0. The zero-order valence-electron chi connectivity index (χ0n) is 13.0. The van der Waals surface area contributed by atoms with E-state index in [1.54, 1.807) is 13.2 Å². The highest BCUT2D eigenvalue weighted by Gasteiger charge is 2.29. The minimum atomic E-state index is 0.113. The normalized spacial score (nSPS) is 26.0. The van der Waals surface area contributed by atoms with Gasteiger partial charge < -0.3 is 21.0 Å². The van der Waals surface area contributed by atoms with Gasteiger partial charge in [0.25, 0.3) is 0 Å².